The van der Waals surface area contributed by atoms with Crippen LogP contribution in [0.4, 0.5) is 0 Å². The summed E-state index contributed by atoms with van der Waals surface area (Å²) in [6.07, 6.45) is 2.61. The molecule has 1 N–H and O–H groups in total. The molecule has 0 amide bonds. The van der Waals surface area contributed by atoms with Gasteiger partial charge in [0.25, 0.3) is 5.56 Å². The third kappa shape index (κ3) is 1.22. The fourth-order valence-corrected chi connectivity index (χ4v) is 0.961. The van der Waals surface area contributed by atoms with Crippen LogP contribution < -0.4 is 11.2 Å². The minimum Gasteiger partial charge on any atom is -0.272 e. The third-order valence-corrected chi connectivity index (χ3v) is 1.66. The molecule has 2 aromatic heterocycles. The molecule has 0 aromatic carbocycles. The molecule has 0 bridgehead atoms. The van der Waals surface area contributed by atoms with Gasteiger partial charge in [0.2, 0.25) is 0 Å². The van der Waals surface area contributed by atoms with E-state index in [0.29, 0.717) is 5.56 Å². The van der Waals surface area contributed by atoms with E-state index in [1.165, 1.54) is 12.5 Å². The van der Waals surface area contributed by atoms with Crippen molar-refractivity contribution < 1.29 is 0 Å². The molecule has 0 saturated heterocycles. The zero-order chi connectivity index (χ0) is 10.1. The zero-order valence-corrected chi connectivity index (χ0v) is 7.21. The maximum absolute atomic E-state index is 11.3. The molecule has 2 heterocycles. The second-order valence-electron chi connectivity index (χ2n) is 2.65. The molecule has 8 heteroatoms. The van der Waals surface area contributed by atoms with Crippen LogP contribution in [0.2, 0.25) is 0 Å². The first-order chi connectivity index (χ1) is 6.68. The fourth-order valence-electron chi connectivity index (χ4n) is 0.961. The first kappa shape index (κ1) is 8.35. The number of aryl methyl sites for hydroxylation is 1. The second kappa shape index (κ2) is 2.91. The molecule has 0 spiro atoms. The standard InChI is InChI=1S/C6H6N6O2/c1-4-2-11(6(14)8-5(4)13)12-3-7-9-10-12/h2-3H,1H3,(H,8,13,14). The second-order valence-corrected chi connectivity index (χ2v) is 2.65. The average Bonchev–Trinajstić information content (AvgIpc) is 2.64. The Bertz CT molecular complexity index is 550. The molecule has 2 aromatic rings. The van der Waals surface area contributed by atoms with Crippen molar-refractivity contribution in [2.45, 2.75) is 6.92 Å². The van der Waals surface area contributed by atoms with E-state index < -0.39 is 11.2 Å². The Labute approximate surface area is 76.8 Å². The first-order valence-electron chi connectivity index (χ1n) is 3.75. The molecule has 0 fully saturated rings. The summed E-state index contributed by atoms with van der Waals surface area (Å²) in [6, 6.07) is 0. The highest BCUT2D eigenvalue weighted by Crippen LogP contribution is 1.83. The van der Waals surface area contributed by atoms with Crippen LogP contribution in [0.25, 0.3) is 0 Å². The van der Waals surface area contributed by atoms with Gasteiger partial charge in [-0.1, -0.05) is 0 Å². The monoisotopic (exact) mass is 194 g/mol. The van der Waals surface area contributed by atoms with Gasteiger partial charge in [0.05, 0.1) is 0 Å². The Balaban J connectivity index is 2.72. The molecule has 0 aliphatic carbocycles. The Morgan fingerprint density at radius 1 is 1.43 bits per heavy atom. The van der Waals surface area contributed by atoms with Gasteiger partial charge in [-0.15, -0.1) is 9.89 Å². The normalized spacial score (nSPS) is 10.4. The summed E-state index contributed by atoms with van der Waals surface area (Å²) in [5, 5.41) is 10.3. The van der Waals surface area contributed by atoms with Gasteiger partial charge in [0.15, 0.2) is 6.33 Å². The van der Waals surface area contributed by atoms with E-state index in [4.69, 9.17) is 0 Å². The van der Waals surface area contributed by atoms with Crippen LogP contribution in [0.3, 0.4) is 0 Å². The minimum absolute atomic E-state index is 0.403. The van der Waals surface area contributed by atoms with Crippen molar-refractivity contribution >= 4 is 0 Å². The first-order valence-corrected chi connectivity index (χ1v) is 3.75. The van der Waals surface area contributed by atoms with Gasteiger partial charge >= 0.3 is 5.69 Å². The highest BCUT2D eigenvalue weighted by atomic mass is 16.2. The number of nitrogens with zero attached hydrogens (tertiary/aromatic N) is 5. The van der Waals surface area contributed by atoms with Crippen LogP contribution in [0.1, 0.15) is 5.56 Å². The number of H-pyrrole nitrogens is 1. The van der Waals surface area contributed by atoms with Crippen LogP contribution in [0.15, 0.2) is 22.1 Å². The van der Waals surface area contributed by atoms with Crippen LogP contribution >= 0.6 is 0 Å². The summed E-state index contributed by atoms with van der Waals surface area (Å²) in [6.45, 7) is 1.58. The molecule has 0 saturated carbocycles. The summed E-state index contributed by atoms with van der Waals surface area (Å²) in [7, 11) is 0. The van der Waals surface area contributed by atoms with Gasteiger partial charge in [-0.3, -0.25) is 9.78 Å². The fraction of sp³-hybridized carbons (Fsp3) is 0.167. The van der Waals surface area contributed by atoms with Crippen molar-refractivity contribution in [2.24, 2.45) is 0 Å². The van der Waals surface area contributed by atoms with Gasteiger partial charge in [-0.25, -0.2) is 4.79 Å². The number of hydrogen-bond donors (Lipinski definition) is 1. The minimum atomic E-state index is -0.590. The SMILES string of the molecule is Cc1cn(-n2cnnn2)c(=O)[nH]c1=O. The largest absolute Gasteiger partial charge is 0.349 e. The number of tetrazole rings is 1. The predicted molar refractivity (Wildman–Crippen MR) is 44.7 cm³/mol. The van der Waals surface area contributed by atoms with E-state index in [0.717, 1.165) is 9.47 Å². The van der Waals surface area contributed by atoms with E-state index in [1.807, 2.05) is 0 Å². The van der Waals surface area contributed by atoms with Gasteiger partial charge in [0.1, 0.15) is 0 Å². The van der Waals surface area contributed by atoms with Crippen molar-refractivity contribution in [1.29, 1.82) is 0 Å². The summed E-state index contributed by atoms with van der Waals surface area (Å²) in [4.78, 5) is 25.6. The number of rotatable bonds is 1. The third-order valence-electron chi connectivity index (χ3n) is 1.66. The smallest absolute Gasteiger partial charge is 0.272 e. The maximum atomic E-state index is 11.3. The molecule has 0 radical (unpaired) electrons. The van der Waals surface area contributed by atoms with Crippen LogP contribution in [0, 0.1) is 6.92 Å². The van der Waals surface area contributed by atoms with Crippen molar-refractivity contribution in [3.05, 3.63) is 38.9 Å². The molecular formula is C6H6N6O2. The number of aromatic amines is 1. The van der Waals surface area contributed by atoms with E-state index >= 15 is 0 Å². The van der Waals surface area contributed by atoms with Gasteiger partial charge < -0.3 is 0 Å². The molecule has 8 nitrogen and oxygen atoms in total. The summed E-state index contributed by atoms with van der Waals surface area (Å²) >= 11 is 0. The lowest BCUT2D eigenvalue weighted by Gasteiger charge is -2.01. The van der Waals surface area contributed by atoms with Crippen LogP contribution in [-0.2, 0) is 0 Å². The molecule has 2 rings (SSSR count). The molecule has 0 aliphatic rings. The van der Waals surface area contributed by atoms with Gasteiger partial charge in [0, 0.05) is 11.8 Å². The van der Waals surface area contributed by atoms with Crippen molar-refractivity contribution in [1.82, 2.24) is 30.0 Å². The summed E-state index contributed by atoms with van der Waals surface area (Å²) in [5.74, 6) is 0. The van der Waals surface area contributed by atoms with Crippen LogP contribution in [-0.4, -0.2) is 30.0 Å². The quantitative estimate of drug-likeness (QED) is 0.574. The highest BCUT2D eigenvalue weighted by molar-refractivity contribution is 5.00. The topological polar surface area (TPSA) is 98.5 Å². The average molecular weight is 194 g/mol. The van der Waals surface area contributed by atoms with Crippen molar-refractivity contribution in [3.63, 3.8) is 0 Å². The lowest BCUT2D eigenvalue weighted by atomic mass is 10.4. The Kier molecular flexibility index (Phi) is 1.73. The van der Waals surface area contributed by atoms with E-state index in [2.05, 4.69) is 20.5 Å². The van der Waals surface area contributed by atoms with Crippen molar-refractivity contribution in [2.75, 3.05) is 0 Å². The van der Waals surface area contributed by atoms with Gasteiger partial charge in [-0.2, -0.15) is 4.68 Å². The van der Waals surface area contributed by atoms with Gasteiger partial charge in [-0.05, 0) is 17.4 Å². The van der Waals surface area contributed by atoms with E-state index in [-0.39, 0.29) is 0 Å². The highest BCUT2D eigenvalue weighted by Gasteiger charge is 2.02. The molecule has 0 atom stereocenters. The van der Waals surface area contributed by atoms with Crippen LogP contribution in [0.5, 0.6) is 0 Å². The lowest BCUT2D eigenvalue weighted by molar-refractivity contribution is 0.514. The lowest BCUT2D eigenvalue weighted by Crippen LogP contribution is -2.34. The molecular weight excluding hydrogens is 188 g/mol. The number of aromatic nitrogens is 6. The van der Waals surface area contributed by atoms with E-state index in [1.54, 1.807) is 6.92 Å². The molecule has 72 valence electrons. The molecule has 14 heavy (non-hydrogen) atoms. The number of nitrogens with one attached hydrogen (secondary N) is 1. The Morgan fingerprint density at radius 2 is 2.21 bits per heavy atom. The summed E-state index contributed by atoms with van der Waals surface area (Å²) < 4.78 is 1.09. The Morgan fingerprint density at radius 3 is 2.86 bits per heavy atom. The Hall–Kier alpha value is -2.25. The molecule has 0 aliphatic heterocycles. The van der Waals surface area contributed by atoms with E-state index in [9.17, 15) is 9.59 Å². The summed E-state index contributed by atoms with van der Waals surface area (Å²) in [5.41, 5.74) is -0.604. The molecule has 0 unspecified atom stereocenters. The number of hydrogen-bond acceptors (Lipinski definition) is 5. The maximum Gasteiger partial charge on any atom is 0.349 e. The zero-order valence-electron chi connectivity index (χ0n) is 7.21. The predicted octanol–water partition coefficient (Wildman–Crippen LogP) is -1.86. The van der Waals surface area contributed by atoms with Crippen molar-refractivity contribution in [3.8, 4) is 0 Å².